The topological polar surface area (TPSA) is 136 Å². The number of nitrogens with zero attached hydrogens (tertiary/aromatic N) is 1. The van der Waals surface area contributed by atoms with E-state index in [1.54, 1.807) is 128 Å². The molecule has 0 spiro atoms. The second-order valence-corrected chi connectivity index (χ2v) is 19.0. The predicted octanol–water partition coefficient (Wildman–Crippen LogP) is 16.9. The lowest BCUT2D eigenvalue weighted by atomic mass is 10.1. The van der Waals surface area contributed by atoms with Crippen LogP contribution >= 0.6 is 0 Å². The molecule has 0 aromatic heterocycles. The minimum atomic E-state index is -0.589. The first-order valence-electron chi connectivity index (χ1n) is 27.5. The van der Waals surface area contributed by atoms with Crippen LogP contribution in [0, 0.1) is 0 Å². The van der Waals surface area contributed by atoms with E-state index in [4.69, 9.17) is 28.4 Å². The fourth-order valence-corrected chi connectivity index (χ4v) is 8.31. The van der Waals surface area contributed by atoms with Crippen molar-refractivity contribution in [2.24, 2.45) is 4.99 Å². The fraction of sp³-hybridized carbons (Fsp3) is 0.369. The Balaban J connectivity index is 0.860. The van der Waals surface area contributed by atoms with Crippen molar-refractivity contribution in [2.75, 3.05) is 13.2 Å². The van der Waals surface area contributed by atoms with Gasteiger partial charge in [0.25, 0.3) is 0 Å². The van der Waals surface area contributed by atoms with Crippen molar-refractivity contribution >= 4 is 35.8 Å². The summed E-state index contributed by atoms with van der Waals surface area (Å²) in [4.78, 5) is 56.2. The molecule has 0 fully saturated rings. The van der Waals surface area contributed by atoms with Crippen LogP contribution < -0.4 is 28.4 Å². The van der Waals surface area contributed by atoms with Crippen LogP contribution in [0.3, 0.4) is 0 Å². The fourth-order valence-electron chi connectivity index (χ4n) is 8.31. The van der Waals surface area contributed by atoms with Crippen LogP contribution in [0.1, 0.15) is 189 Å². The zero-order chi connectivity index (χ0) is 53.4. The Morgan fingerprint density at radius 3 is 1.00 bits per heavy atom. The molecule has 0 aliphatic rings. The van der Waals surface area contributed by atoms with Crippen molar-refractivity contribution in [3.8, 4) is 34.5 Å². The van der Waals surface area contributed by atoms with E-state index in [2.05, 4.69) is 18.8 Å². The second-order valence-electron chi connectivity index (χ2n) is 19.0. The molecular weight excluding hydrogens is 955 g/mol. The third kappa shape index (κ3) is 21.4. The Morgan fingerprint density at radius 2 is 0.645 bits per heavy atom. The zero-order valence-corrected chi connectivity index (χ0v) is 44.5. The molecule has 0 radical (unpaired) electrons. The smallest absolute Gasteiger partial charge is 0.343 e. The number of carbonyl (C=O) groups excluding carboxylic acids is 4. The van der Waals surface area contributed by atoms with E-state index in [1.807, 2.05) is 0 Å². The highest BCUT2D eigenvalue weighted by Crippen LogP contribution is 2.24. The maximum Gasteiger partial charge on any atom is 0.343 e. The van der Waals surface area contributed by atoms with E-state index in [1.165, 1.54) is 127 Å². The molecule has 11 heteroatoms. The molecule has 0 N–H and O–H groups in total. The molecule has 76 heavy (non-hydrogen) atoms. The van der Waals surface area contributed by atoms with Gasteiger partial charge in [0.1, 0.15) is 34.5 Å². The number of hydrogen-bond acceptors (Lipinski definition) is 11. The molecule has 0 heterocycles. The average Bonchev–Trinajstić information content (AvgIpc) is 3.44. The number of unbranched alkanes of at least 4 members (excludes halogenated alkanes) is 18. The summed E-state index contributed by atoms with van der Waals surface area (Å²) < 4.78 is 34.0. The average molecular weight is 1030 g/mol. The maximum absolute atomic E-state index is 13.0. The summed E-state index contributed by atoms with van der Waals surface area (Å²) in [6.07, 6.45) is 26.9. The van der Waals surface area contributed by atoms with Gasteiger partial charge < -0.3 is 28.4 Å². The van der Waals surface area contributed by atoms with Crippen LogP contribution in [0.5, 0.6) is 34.5 Å². The quantitative estimate of drug-likeness (QED) is 0.0166. The van der Waals surface area contributed by atoms with E-state index in [9.17, 15) is 19.2 Å². The van der Waals surface area contributed by atoms with E-state index in [0.717, 1.165) is 31.2 Å². The van der Waals surface area contributed by atoms with Crippen molar-refractivity contribution in [1.82, 2.24) is 0 Å². The predicted molar refractivity (Wildman–Crippen MR) is 300 cm³/mol. The van der Waals surface area contributed by atoms with E-state index >= 15 is 0 Å². The normalized spacial score (nSPS) is 11.0. The van der Waals surface area contributed by atoms with Gasteiger partial charge in [0.2, 0.25) is 0 Å². The summed E-state index contributed by atoms with van der Waals surface area (Å²) in [6, 6.07) is 39.7. The number of aliphatic imine (C=N–C) groups is 1. The summed E-state index contributed by atoms with van der Waals surface area (Å²) in [5.41, 5.74) is 2.61. The van der Waals surface area contributed by atoms with E-state index in [0.29, 0.717) is 58.8 Å². The molecule has 400 valence electrons. The molecule has 0 bridgehead atoms. The van der Waals surface area contributed by atoms with Gasteiger partial charge in [-0.1, -0.05) is 135 Å². The van der Waals surface area contributed by atoms with Crippen molar-refractivity contribution in [2.45, 2.75) is 142 Å². The summed E-state index contributed by atoms with van der Waals surface area (Å²) >= 11 is 0. The third-order valence-corrected chi connectivity index (χ3v) is 12.8. The van der Waals surface area contributed by atoms with Gasteiger partial charge in [-0.25, -0.2) is 19.2 Å². The van der Waals surface area contributed by atoms with Crippen LogP contribution in [0.4, 0.5) is 5.69 Å². The number of benzene rings is 6. The highest BCUT2D eigenvalue weighted by molar-refractivity contribution is 5.94. The molecule has 0 unspecified atom stereocenters. The van der Waals surface area contributed by atoms with Crippen LogP contribution in [0.25, 0.3) is 0 Å². The van der Waals surface area contributed by atoms with E-state index < -0.39 is 23.9 Å². The lowest BCUT2D eigenvalue weighted by Crippen LogP contribution is -2.10. The molecule has 0 aliphatic heterocycles. The van der Waals surface area contributed by atoms with Crippen LogP contribution in [-0.2, 0) is 0 Å². The number of rotatable bonds is 34. The standard InChI is InChI=1S/C65H75NO10/c1-3-5-7-9-11-13-15-17-19-21-46-71-56-38-28-51(29-39-56)62(67)74-59-42-32-53(33-43-59)64(69)73-58-36-26-50(27-37-58)49-66-55-24-23-25-61(48-55)76-65(70)54-34-44-60(45-35-54)75-63(68)52-30-40-57(41-31-52)72-47-22-20-18-16-14-12-10-8-6-4-2/h23-45,48-49H,3-22,46-47H2,1-2H3. The Morgan fingerprint density at radius 1 is 0.342 bits per heavy atom. The largest absolute Gasteiger partial charge is 0.494 e. The van der Waals surface area contributed by atoms with Gasteiger partial charge in [0, 0.05) is 12.3 Å². The molecule has 6 aromatic carbocycles. The first-order chi connectivity index (χ1) is 37.3. The Hall–Kier alpha value is -7.53. The molecule has 6 rings (SSSR count). The van der Waals surface area contributed by atoms with Crippen LogP contribution in [-0.4, -0.2) is 43.3 Å². The second kappa shape index (κ2) is 33.4. The first-order valence-corrected chi connectivity index (χ1v) is 27.5. The third-order valence-electron chi connectivity index (χ3n) is 12.8. The molecule has 6 aromatic rings. The number of esters is 4. The minimum Gasteiger partial charge on any atom is -0.494 e. The molecule has 0 saturated carbocycles. The van der Waals surface area contributed by atoms with Crippen molar-refractivity contribution in [3.05, 3.63) is 173 Å². The lowest BCUT2D eigenvalue weighted by Gasteiger charge is -2.09. The monoisotopic (exact) mass is 1030 g/mol. The number of hydrogen-bond donors (Lipinski definition) is 0. The van der Waals surface area contributed by atoms with Crippen LogP contribution in [0.15, 0.2) is 151 Å². The molecule has 0 amide bonds. The highest BCUT2D eigenvalue weighted by Gasteiger charge is 2.15. The van der Waals surface area contributed by atoms with Gasteiger partial charge in [0.05, 0.1) is 41.2 Å². The lowest BCUT2D eigenvalue weighted by molar-refractivity contribution is 0.0720. The number of ether oxygens (including phenoxy) is 6. The van der Waals surface area contributed by atoms with Gasteiger partial charge in [-0.05, 0) is 152 Å². The Kier molecular flexibility index (Phi) is 25.4. The van der Waals surface area contributed by atoms with Crippen molar-refractivity contribution < 1.29 is 47.6 Å². The van der Waals surface area contributed by atoms with Crippen molar-refractivity contribution in [1.29, 1.82) is 0 Å². The summed E-state index contributed by atoms with van der Waals surface area (Å²) in [5.74, 6) is 0.428. The summed E-state index contributed by atoms with van der Waals surface area (Å²) in [5, 5.41) is 0. The Bertz CT molecular complexity index is 2680. The molecule has 0 aliphatic carbocycles. The minimum absolute atomic E-state index is 0.272. The van der Waals surface area contributed by atoms with Gasteiger partial charge in [0.15, 0.2) is 0 Å². The molecular formula is C65H75NO10. The van der Waals surface area contributed by atoms with Crippen LogP contribution in [0.2, 0.25) is 0 Å². The Labute approximate surface area is 450 Å². The first kappa shape index (κ1) is 57.7. The highest BCUT2D eigenvalue weighted by atomic mass is 16.5. The number of carbonyl (C=O) groups is 4. The SMILES string of the molecule is CCCCCCCCCCCCOc1ccc(C(=O)Oc2ccc(C(=O)Oc3ccc(C=Nc4cccc(OC(=O)c5ccc(OC(=O)c6ccc(OCCCCCCCCCCCC)cc6)cc5)c4)cc3)cc2)cc1. The maximum atomic E-state index is 13.0. The molecule has 0 saturated heterocycles. The van der Waals surface area contributed by atoms with Crippen molar-refractivity contribution in [3.63, 3.8) is 0 Å². The summed E-state index contributed by atoms with van der Waals surface area (Å²) in [6.45, 7) is 5.78. The van der Waals surface area contributed by atoms with Gasteiger partial charge in [-0.2, -0.15) is 0 Å². The molecule has 11 nitrogen and oxygen atoms in total. The summed E-state index contributed by atoms with van der Waals surface area (Å²) in [7, 11) is 0. The van der Waals surface area contributed by atoms with E-state index in [-0.39, 0.29) is 16.9 Å². The van der Waals surface area contributed by atoms with Gasteiger partial charge in [-0.3, -0.25) is 4.99 Å². The molecule has 0 atom stereocenters. The van der Waals surface area contributed by atoms with Gasteiger partial charge in [-0.15, -0.1) is 0 Å². The zero-order valence-electron chi connectivity index (χ0n) is 44.5. The van der Waals surface area contributed by atoms with Gasteiger partial charge >= 0.3 is 23.9 Å².